The van der Waals surface area contributed by atoms with Gasteiger partial charge in [0.15, 0.2) is 0 Å². The van der Waals surface area contributed by atoms with Crippen LogP contribution in [-0.2, 0) is 9.59 Å². The smallest absolute Gasteiger partial charge is 0.300 e. The number of rotatable bonds is 9. The summed E-state index contributed by atoms with van der Waals surface area (Å²) in [6.07, 6.45) is 0. The molecule has 38 heavy (non-hydrogen) atoms. The number of ketones is 1. The molecule has 8 nitrogen and oxygen atoms in total. The lowest BCUT2D eigenvalue weighted by molar-refractivity contribution is -0.132. The van der Waals surface area contributed by atoms with Gasteiger partial charge in [0.05, 0.1) is 38.5 Å². The molecule has 3 aromatic carbocycles. The minimum atomic E-state index is -0.875. The van der Waals surface area contributed by atoms with Gasteiger partial charge >= 0.3 is 0 Å². The average Bonchev–Trinajstić information content (AvgIpc) is 3.23. The van der Waals surface area contributed by atoms with Crippen LogP contribution in [0, 0.1) is 0 Å². The molecule has 0 radical (unpaired) electrons. The molecule has 1 unspecified atom stereocenters. The fourth-order valence-corrected chi connectivity index (χ4v) is 4.77. The highest BCUT2D eigenvalue weighted by Gasteiger charge is 2.47. The lowest BCUT2D eigenvalue weighted by atomic mass is 9.94. The maximum Gasteiger partial charge on any atom is 0.300 e. The van der Waals surface area contributed by atoms with E-state index in [9.17, 15) is 14.7 Å². The lowest BCUT2D eigenvalue weighted by Crippen LogP contribution is -2.29. The van der Waals surface area contributed by atoms with Crippen LogP contribution in [0.2, 0.25) is 0 Å². The van der Waals surface area contributed by atoms with E-state index in [-0.39, 0.29) is 16.9 Å². The second-order valence-electron chi connectivity index (χ2n) is 8.70. The van der Waals surface area contributed by atoms with E-state index in [1.807, 2.05) is 24.3 Å². The molecule has 1 aliphatic heterocycles. The normalized spacial score (nSPS) is 16.4. The zero-order valence-electron chi connectivity index (χ0n) is 22.2. The third-order valence-electron chi connectivity index (χ3n) is 6.78. The molecule has 3 aromatic rings. The number of hydrogen-bond acceptors (Lipinski definition) is 7. The Kier molecular flexibility index (Phi) is 7.90. The predicted octanol–water partition coefficient (Wildman–Crippen LogP) is 5.18. The van der Waals surface area contributed by atoms with Crippen molar-refractivity contribution in [3.05, 3.63) is 83.4 Å². The number of Topliss-reactive ketones (excluding diaryl/α,β-unsaturated/α-hetero) is 1. The van der Waals surface area contributed by atoms with Crippen molar-refractivity contribution in [3.63, 3.8) is 0 Å². The minimum absolute atomic E-state index is 0.0307. The fraction of sp³-hybridized carbons (Fsp3) is 0.267. The largest absolute Gasteiger partial charge is 0.507 e. The van der Waals surface area contributed by atoms with Crippen molar-refractivity contribution in [2.24, 2.45) is 0 Å². The predicted molar refractivity (Wildman–Crippen MR) is 147 cm³/mol. The van der Waals surface area contributed by atoms with Crippen LogP contribution in [0.1, 0.15) is 31.0 Å². The number of carbonyl (C=O) groups is 2. The van der Waals surface area contributed by atoms with E-state index in [0.717, 1.165) is 18.8 Å². The van der Waals surface area contributed by atoms with Crippen LogP contribution >= 0.6 is 0 Å². The number of ether oxygens (including phenoxy) is 3. The first-order valence-corrected chi connectivity index (χ1v) is 12.4. The van der Waals surface area contributed by atoms with Gasteiger partial charge in [-0.15, -0.1) is 0 Å². The maximum atomic E-state index is 13.5. The molecular weight excluding hydrogens is 484 g/mol. The van der Waals surface area contributed by atoms with Crippen molar-refractivity contribution in [1.82, 2.24) is 0 Å². The molecule has 0 saturated carbocycles. The van der Waals surface area contributed by atoms with Crippen molar-refractivity contribution < 1.29 is 28.9 Å². The summed E-state index contributed by atoms with van der Waals surface area (Å²) >= 11 is 0. The molecule has 1 fully saturated rings. The number of amides is 1. The summed E-state index contributed by atoms with van der Waals surface area (Å²) in [5, 5.41) is 11.5. The number of hydrogen-bond donors (Lipinski definition) is 1. The van der Waals surface area contributed by atoms with Crippen molar-refractivity contribution >= 4 is 28.8 Å². The van der Waals surface area contributed by atoms with Gasteiger partial charge in [-0.2, -0.15) is 0 Å². The second kappa shape index (κ2) is 11.3. The summed E-state index contributed by atoms with van der Waals surface area (Å²) in [7, 11) is 4.52. The molecular formula is C30H32N2O6. The van der Waals surface area contributed by atoms with Crippen LogP contribution < -0.4 is 24.0 Å². The molecule has 1 N–H and O–H groups in total. The molecule has 0 aliphatic carbocycles. The standard InChI is InChI=1S/C30H32N2O6/c1-6-31(7-2)20-13-11-19(12-14-20)27-26(28(33)24-16-15-23(37-4)18-25(24)38-5)29(34)30(35)32(27)21-9-8-10-22(17-21)36-3/h8-18,27,33H,6-7H2,1-5H3/b28-26-. The molecule has 1 heterocycles. The fourth-order valence-electron chi connectivity index (χ4n) is 4.77. The van der Waals surface area contributed by atoms with E-state index in [4.69, 9.17) is 14.2 Å². The van der Waals surface area contributed by atoms with Crippen LogP contribution in [0.4, 0.5) is 11.4 Å². The highest BCUT2D eigenvalue weighted by molar-refractivity contribution is 6.51. The first kappa shape index (κ1) is 26.6. The summed E-state index contributed by atoms with van der Waals surface area (Å²) in [5.41, 5.74) is 2.43. The van der Waals surface area contributed by atoms with Crippen LogP contribution in [0.5, 0.6) is 17.2 Å². The van der Waals surface area contributed by atoms with Crippen molar-refractivity contribution in [2.75, 3.05) is 44.2 Å². The van der Waals surface area contributed by atoms with Gasteiger partial charge in [-0.1, -0.05) is 18.2 Å². The zero-order chi connectivity index (χ0) is 27.4. The number of benzene rings is 3. The summed E-state index contributed by atoms with van der Waals surface area (Å²) in [6.45, 7) is 5.85. The van der Waals surface area contributed by atoms with E-state index in [2.05, 4.69) is 18.7 Å². The van der Waals surface area contributed by atoms with Gasteiger partial charge in [0.25, 0.3) is 11.7 Å². The van der Waals surface area contributed by atoms with E-state index in [1.165, 1.54) is 26.2 Å². The molecule has 1 saturated heterocycles. The Bertz CT molecular complexity index is 1360. The van der Waals surface area contributed by atoms with Gasteiger partial charge in [-0.25, -0.2) is 0 Å². The molecule has 1 aliphatic rings. The topological polar surface area (TPSA) is 88.5 Å². The molecule has 8 heteroatoms. The Morgan fingerprint density at radius 1 is 0.868 bits per heavy atom. The highest BCUT2D eigenvalue weighted by atomic mass is 16.5. The molecule has 0 bridgehead atoms. The number of carbonyl (C=O) groups excluding carboxylic acids is 2. The molecule has 1 amide bonds. The average molecular weight is 517 g/mol. The van der Waals surface area contributed by atoms with Gasteiger partial charge in [0, 0.05) is 36.6 Å². The van der Waals surface area contributed by atoms with Crippen molar-refractivity contribution in [2.45, 2.75) is 19.9 Å². The maximum absolute atomic E-state index is 13.5. The van der Waals surface area contributed by atoms with E-state index < -0.39 is 17.7 Å². The third kappa shape index (κ3) is 4.77. The number of nitrogens with zero attached hydrogens (tertiary/aromatic N) is 2. The number of methoxy groups -OCH3 is 3. The van der Waals surface area contributed by atoms with E-state index >= 15 is 0 Å². The van der Waals surface area contributed by atoms with Crippen LogP contribution in [-0.4, -0.2) is 51.2 Å². The van der Waals surface area contributed by atoms with E-state index in [0.29, 0.717) is 28.5 Å². The number of aliphatic hydroxyl groups excluding tert-OH is 1. The van der Waals surface area contributed by atoms with Gasteiger partial charge in [0.2, 0.25) is 0 Å². The second-order valence-corrected chi connectivity index (χ2v) is 8.70. The van der Waals surface area contributed by atoms with E-state index in [1.54, 1.807) is 42.5 Å². The summed E-state index contributed by atoms with van der Waals surface area (Å²) in [5.74, 6) is -0.488. The Morgan fingerprint density at radius 2 is 1.53 bits per heavy atom. The summed E-state index contributed by atoms with van der Waals surface area (Å²) < 4.78 is 16.1. The van der Waals surface area contributed by atoms with Gasteiger partial charge in [0.1, 0.15) is 23.0 Å². The van der Waals surface area contributed by atoms with Gasteiger partial charge < -0.3 is 24.2 Å². The number of anilines is 2. The Labute approximate surface area is 222 Å². The Hall–Kier alpha value is -4.46. The summed E-state index contributed by atoms with van der Waals surface area (Å²) in [6, 6.07) is 18.6. The van der Waals surface area contributed by atoms with Crippen LogP contribution in [0.15, 0.2) is 72.3 Å². The van der Waals surface area contributed by atoms with Crippen LogP contribution in [0.25, 0.3) is 5.76 Å². The van der Waals surface area contributed by atoms with Gasteiger partial charge in [-0.3, -0.25) is 14.5 Å². The monoisotopic (exact) mass is 516 g/mol. The third-order valence-corrected chi connectivity index (χ3v) is 6.78. The SMILES string of the molecule is CCN(CC)c1ccc(C2/C(=C(/O)c3ccc(OC)cc3OC)C(=O)C(=O)N2c2cccc(OC)c2)cc1. The molecule has 198 valence electrons. The van der Waals surface area contributed by atoms with Crippen molar-refractivity contribution in [3.8, 4) is 17.2 Å². The van der Waals surface area contributed by atoms with Crippen LogP contribution in [0.3, 0.4) is 0 Å². The first-order valence-electron chi connectivity index (χ1n) is 12.4. The minimum Gasteiger partial charge on any atom is -0.507 e. The quantitative estimate of drug-likeness (QED) is 0.238. The zero-order valence-corrected chi connectivity index (χ0v) is 22.2. The molecule has 4 rings (SSSR count). The Balaban J connectivity index is 1.93. The van der Waals surface area contributed by atoms with Gasteiger partial charge in [-0.05, 0) is 55.8 Å². The lowest BCUT2D eigenvalue weighted by Gasteiger charge is -2.27. The highest BCUT2D eigenvalue weighted by Crippen LogP contribution is 2.44. The first-order chi connectivity index (χ1) is 18.4. The molecule has 1 atom stereocenters. The summed E-state index contributed by atoms with van der Waals surface area (Å²) in [4.78, 5) is 30.6. The molecule has 0 spiro atoms. The molecule has 0 aromatic heterocycles. The Morgan fingerprint density at radius 3 is 2.13 bits per heavy atom. The number of aliphatic hydroxyl groups is 1. The van der Waals surface area contributed by atoms with Crippen molar-refractivity contribution in [1.29, 1.82) is 0 Å².